The Balaban J connectivity index is 2.95. The van der Waals surface area contributed by atoms with Crippen LogP contribution in [0.5, 0.6) is 0 Å². The molecule has 3 nitrogen and oxygen atoms in total. The van der Waals surface area contributed by atoms with Gasteiger partial charge in [-0.15, -0.1) is 23.2 Å². The van der Waals surface area contributed by atoms with Gasteiger partial charge < -0.3 is 0 Å². The van der Waals surface area contributed by atoms with E-state index in [1.54, 1.807) is 18.2 Å². The maximum absolute atomic E-state index is 11.7. The van der Waals surface area contributed by atoms with E-state index in [9.17, 15) is 8.42 Å². The normalized spacial score (nSPS) is 13.1. The van der Waals surface area contributed by atoms with Crippen LogP contribution in [0.4, 0.5) is 0 Å². The van der Waals surface area contributed by atoms with E-state index in [-0.39, 0.29) is 10.6 Å². The Morgan fingerprint density at radius 1 is 1.31 bits per heavy atom. The van der Waals surface area contributed by atoms with E-state index in [0.29, 0.717) is 5.88 Å². The van der Waals surface area contributed by atoms with Crippen LogP contribution in [0.15, 0.2) is 29.2 Å². The molecule has 1 rings (SSSR count). The third-order valence-corrected chi connectivity index (χ3v) is 4.45. The van der Waals surface area contributed by atoms with Crippen molar-refractivity contribution in [1.29, 1.82) is 5.26 Å². The zero-order chi connectivity index (χ0) is 12.2. The Morgan fingerprint density at radius 2 is 1.88 bits per heavy atom. The number of halogens is 2. The van der Waals surface area contributed by atoms with Crippen molar-refractivity contribution >= 4 is 33.0 Å². The second-order valence-corrected chi connectivity index (χ2v) is 5.98. The number of sulfone groups is 1. The average Bonchev–Trinajstić information content (AvgIpc) is 2.28. The molecule has 1 atom stereocenters. The van der Waals surface area contributed by atoms with Crippen molar-refractivity contribution in [2.45, 2.75) is 16.2 Å². The Bertz CT molecular complexity index is 491. The monoisotopic (exact) mass is 277 g/mol. The zero-order valence-corrected chi connectivity index (χ0v) is 10.6. The highest BCUT2D eigenvalue weighted by Gasteiger charge is 2.19. The molecule has 0 aliphatic heterocycles. The molecular weight excluding hydrogens is 269 g/mol. The first-order chi connectivity index (χ1) is 7.49. The fourth-order valence-corrected chi connectivity index (χ4v) is 2.99. The molecule has 0 fully saturated rings. The van der Waals surface area contributed by atoms with Crippen molar-refractivity contribution < 1.29 is 8.42 Å². The highest BCUT2D eigenvalue weighted by Crippen LogP contribution is 2.15. The van der Waals surface area contributed by atoms with Gasteiger partial charge in [0.25, 0.3) is 0 Å². The summed E-state index contributed by atoms with van der Waals surface area (Å²) in [6.45, 7) is 0. The van der Waals surface area contributed by atoms with Gasteiger partial charge in [0.15, 0.2) is 9.84 Å². The molecule has 0 spiro atoms. The summed E-state index contributed by atoms with van der Waals surface area (Å²) in [5, 5.41) is 7.43. The molecule has 1 unspecified atom stereocenters. The molecule has 0 heterocycles. The van der Waals surface area contributed by atoms with E-state index in [2.05, 4.69) is 0 Å². The van der Waals surface area contributed by atoms with Crippen molar-refractivity contribution in [2.24, 2.45) is 0 Å². The minimum absolute atomic E-state index is 0.155. The number of rotatable bonds is 4. The minimum atomic E-state index is -3.49. The quantitative estimate of drug-likeness (QED) is 0.794. The second-order valence-electron chi connectivity index (χ2n) is 3.16. The topological polar surface area (TPSA) is 57.9 Å². The van der Waals surface area contributed by atoms with Gasteiger partial charge in [-0.25, -0.2) is 8.42 Å². The first-order valence-electron chi connectivity index (χ1n) is 4.41. The van der Waals surface area contributed by atoms with Crippen LogP contribution in [-0.2, 0) is 15.7 Å². The number of alkyl halides is 2. The third-order valence-electron chi connectivity index (χ3n) is 1.94. The number of benzene rings is 1. The van der Waals surface area contributed by atoms with Gasteiger partial charge in [-0.2, -0.15) is 5.26 Å². The van der Waals surface area contributed by atoms with Gasteiger partial charge in [-0.3, -0.25) is 0 Å². The van der Waals surface area contributed by atoms with Gasteiger partial charge in [0.2, 0.25) is 0 Å². The lowest BCUT2D eigenvalue weighted by molar-refractivity contribution is 0.596. The van der Waals surface area contributed by atoms with Crippen LogP contribution in [0, 0.1) is 11.3 Å². The summed E-state index contributed by atoms with van der Waals surface area (Å²) in [7, 11) is -3.49. The highest BCUT2D eigenvalue weighted by atomic mass is 35.5. The molecule has 0 aliphatic rings. The molecule has 16 heavy (non-hydrogen) atoms. The van der Waals surface area contributed by atoms with Crippen molar-refractivity contribution in [3.63, 3.8) is 0 Å². The average molecular weight is 278 g/mol. The van der Waals surface area contributed by atoms with E-state index in [1.807, 2.05) is 0 Å². The van der Waals surface area contributed by atoms with Crippen LogP contribution in [0.2, 0.25) is 0 Å². The molecule has 1 aromatic rings. The van der Waals surface area contributed by atoms with Crippen molar-refractivity contribution in [1.82, 2.24) is 0 Å². The molecule has 0 saturated heterocycles. The van der Waals surface area contributed by atoms with E-state index >= 15 is 0 Å². The molecule has 0 radical (unpaired) electrons. The van der Waals surface area contributed by atoms with Crippen LogP contribution >= 0.6 is 23.2 Å². The minimum Gasteiger partial charge on any atom is -0.224 e. The lowest BCUT2D eigenvalue weighted by atomic mass is 10.2. The van der Waals surface area contributed by atoms with Gasteiger partial charge in [0.1, 0.15) is 5.38 Å². The Labute approximate surface area is 105 Å². The summed E-state index contributed by atoms with van der Waals surface area (Å²) in [6.07, 6.45) is 0. The molecule has 0 N–H and O–H groups in total. The lowest BCUT2D eigenvalue weighted by Gasteiger charge is -2.05. The summed E-state index contributed by atoms with van der Waals surface area (Å²) >= 11 is 11.1. The highest BCUT2D eigenvalue weighted by molar-refractivity contribution is 7.91. The van der Waals surface area contributed by atoms with Gasteiger partial charge in [-0.05, 0) is 17.7 Å². The molecular formula is C10H9Cl2NO2S. The summed E-state index contributed by atoms with van der Waals surface area (Å²) in [5.74, 6) is -0.0536. The summed E-state index contributed by atoms with van der Waals surface area (Å²) < 4.78 is 23.5. The molecule has 6 heteroatoms. The lowest BCUT2D eigenvalue weighted by Crippen LogP contribution is -2.15. The predicted molar refractivity (Wildman–Crippen MR) is 63.3 cm³/mol. The van der Waals surface area contributed by atoms with E-state index in [4.69, 9.17) is 28.5 Å². The van der Waals surface area contributed by atoms with Crippen LogP contribution < -0.4 is 0 Å². The fraction of sp³-hybridized carbons (Fsp3) is 0.300. The van der Waals surface area contributed by atoms with Gasteiger partial charge in [-0.1, -0.05) is 12.1 Å². The van der Waals surface area contributed by atoms with Gasteiger partial charge in [0.05, 0.1) is 16.7 Å². The number of hydrogen-bond acceptors (Lipinski definition) is 3. The Hall–Kier alpha value is -0.760. The molecule has 1 aromatic carbocycles. The van der Waals surface area contributed by atoms with Crippen molar-refractivity contribution in [2.75, 3.05) is 5.75 Å². The maximum Gasteiger partial charge on any atom is 0.180 e. The molecule has 0 aliphatic carbocycles. The second kappa shape index (κ2) is 5.53. The zero-order valence-electron chi connectivity index (χ0n) is 8.23. The summed E-state index contributed by atoms with van der Waals surface area (Å²) in [6, 6.07) is 7.88. The predicted octanol–water partition coefficient (Wildman–Crippen LogP) is 2.33. The fourth-order valence-electron chi connectivity index (χ4n) is 1.11. The van der Waals surface area contributed by atoms with Gasteiger partial charge >= 0.3 is 0 Å². The molecule has 0 saturated carbocycles. The van der Waals surface area contributed by atoms with Crippen LogP contribution in [0.3, 0.4) is 0 Å². The van der Waals surface area contributed by atoms with Crippen molar-refractivity contribution in [3.05, 3.63) is 29.8 Å². The number of nitrogens with zero attached hydrogens (tertiary/aromatic N) is 1. The smallest absolute Gasteiger partial charge is 0.180 e. The number of hydrogen-bond donors (Lipinski definition) is 0. The number of nitriles is 1. The first-order valence-corrected chi connectivity index (χ1v) is 7.03. The van der Waals surface area contributed by atoms with E-state index in [1.165, 1.54) is 12.1 Å². The molecule has 86 valence electrons. The van der Waals surface area contributed by atoms with Crippen LogP contribution in [0.1, 0.15) is 5.56 Å². The standard InChI is InChI=1S/C10H9Cl2NO2S/c11-5-8-1-3-10(4-2-8)16(14,15)7-9(12)6-13/h1-4,9H,5,7H2. The van der Waals surface area contributed by atoms with Crippen LogP contribution in [0.25, 0.3) is 0 Å². The first kappa shape index (κ1) is 13.3. The van der Waals surface area contributed by atoms with E-state index in [0.717, 1.165) is 5.56 Å². The van der Waals surface area contributed by atoms with Crippen LogP contribution in [-0.4, -0.2) is 19.5 Å². The maximum atomic E-state index is 11.7. The SMILES string of the molecule is N#CC(Cl)CS(=O)(=O)c1ccc(CCl)cc1. The summed E-state index contributed by atoms with van der Waals surface area (Å²) in [5.41, 5.74) is 0.836. The largest absolute Gasteiger partial charge is 0.224 e. The Kier molecular flexibility index (Phi) is 4.60. The molecule has 0 bridgehead atoms. The molecule has 0 aromatic heterocycles. The van der Waals surface area contributed by atoms with Crippen molar-refractivity contribution in [3.8, 4) is 6.07 Å². The summed E-state index contributed by atoms with van der Waals surface area (Å²) in [4.78, 5) is 0.155. The van der Waals surface area contributed by atoms with E-state index < -0.39 is 15.2 Å². The Morgan fingerprint density at radius 3 is 2.31 bits per heavy atom. The van der Waals surface area contributed by atoms with Gasteiger partial charge in [0, 0.05) is 5.88 Å². The third kappa shape index (κ3) is 3.38. The molecule has 0 amide bonds.